The maximum Gasteiger partial charge on any atom is 0.251 e. The van der Waals surface area contributed by atoms with Gasteiger partial charge in [-0.3, -0.25) is 9.59 Å². The number of rotatable bonds is 9. The molecule has 0 amide bonds. The Morgan fingerprint density at radius 1 is 1.19 bits per heavy atom. The Labute approximate surface area is 191 Å². The number of aromatic amines is 1. The highest BCUT2D eigenvalue weighted by Crippen LogP contribution is 2.35. The van der Waals surface area contributed by atoms with E-state index in [9.17, 15) is 9.59 Å². The third-order valence-electron chi connectivity index (χ3n) is 6.85. The average Bonchev–Trinajstić information content (AvgIpc) is 2.67. The number of ketones is 1. The standard InChI is InChI=1S/C26H35ClN2O2/c1-6-19(12-22-16(3)11-17(4)28-26(22)31)13-25(30)23-14-20(27)15-24(18(23)5)29(7-2)21-9-8-10-21/h11,14-15,19,21H,6-10,12-13H2,1-5H3,(H,28,31). The van der Waals surface area contributed by atoms with Gasteiger partial charge >= 0.3 is 0 Å². The van der Waals surface area contributed by atoms with Crippen LogP contribution in [0.3, 0.4) is 0 Å². The SMILES string of the molecule is CCC(CC(=O)c1cc(Cl)cc(N(CC)C2CCC2)c1C)Cc1c(C)cc(C)[nH]c1=O. The molecular weight excluding hydrogens is 408 g/mol. The minimum Gasteiger partial charge on any atom is -0.369 e. The topological polar surface area (TPSA) is 53.2 Å². The van der Waals surface area contributed by atoms with Gasteiger partial charge in [-0.15, -0.1) is 0 Å². The van der Waals surface area contributed by atoms with E-state index in [2.05, 4.69) is 23.7 Å². The lowest BCUT2D eigenvalue weighted by molar-refractivity contribution is 0.0959. The van der Waals surface area contributed by atoms with Crippen LogP contribution in [0.15, 0.2) is 23.0 Å². The Balaban J connectivity index is 1.84. The van der Waals surface area contributed by atoms with Crippen molar-refractivity contribution in [2.45, 2.75) is 79.2 Å². The van der Waals surface area contributed by atoms with Crippen molar-refractivity contribution in [1.82, 2.24) is 4.98 Å². The highest BCUT2D eigenvalue weighted by molar-refractivity contribution is 6.31. The molecule has 1 fully saturated rings. The second-order valence-electron chi connectivity index (χ2n) is 9.02. The molecule has 5 heteroatoms. The average molecular weight is 443 g/mol. The van der Waals surface area contributed by atoms with Gasteiger partial charge in [0.1, 0.15) is 0 Å². The molecule has 0 spiro atoms. The molecule has 31 heavy (non-hydrogen) atoms. The van der Waals surface area contributed by atoms with E-state index < -0.39 is 0 Å². The van der Waals surface area contributed by atoms with Crippen molar-refractivity contribution in [1.29, 1.82) is 0 Å². The van der Waals surface area contributed by atoms with Gasteiger partial charge in [-0.1, -0.05) is 24.9 Å². The molecule has 0 radical (unpaired) electrons. The van der Waals surface area contributed by atoms with Gasteiger partial charge in [0.25, 0.3) is 5.56 Å². The zero-order valence-electron chi connectivity index (χ0n) is 19.5. The van der Waals surface area contributed by atoms with Crippen LogP contribution in [0.5, 0.6) is 0 Å². The zero-order chi connectivity index (χ0) is 22.7. The Bertz CT molecular complexity index is 1010. The summed E-state index contributed by atoms with van der Waals surface area (Å²) in [6.07, 6.45) is 5.53. The van der Waals surface area contributed by atoms with Gasteiger partial charge in [0.2, 0.25) is 0 Å². The molecule has 0 bridgehead atoms. The fourth-order valence-corrected chi connectivity index (χ4v) is 4.95. The van der Waals surface area contributed by atoms with Crippen LogP contribution in [-0.2, 0) is 6.42 Å². The summed E-state index contributed by atoms with van der Waals surface area (Å²) in [5, 5.41) is 0.612. The number of aromatic nitrogens is 1. The van der Waals surface area contributed by atoms with E-state index in [0.29, 0.717) is 29.5 Å². The van der Waals surface area contributed by atoms with Crippen molar-refractivity contribution in [2.24, 2.45) is 5.92 Å². The number of hydrogen-bond acceptors (Lipinski definition) is 3. The van der Waals surface area contributed by atoms with Crippen molar-refractivity contribution in [2.75, 3.05) is 11.4 Å². The molecule has 3 rings (SSSR count). The molecule has 1 unspecified atom stereocenters. The van der Waals surface area contributed by atoms with Crippen LogP contribution < -0.4 is 10.5 Å². The minimum absolute atomic E-state index is 0.0382. The Kier molecular flexibility index (Phi) is 7.64. The molecule has 1 aromatic carbocycles. The lowest BCUT2D eigenvalue weighted by Gasteiger charge is -2.39. The number of hydrogen-bond donors (Lipinski definition) is 1. The molecule has 1 aliphatic carbocycles. The van der Waals surface area contributed by atoms with Crippen LogP contribution in [0, 0.1) is 26.7 Å². The second kappa shape index (κ2) is 10.0. The number of carbonyl (C=O) groups excluding carboxylic acids is 1. The summed E-state index contributed by atoms with van der Waals surface area (Å²) in [5.74, 6) is 0.227. The van der Waals surface area contributed by atoms with E-state index in [0.717, 1.165) is 41.0 Å². The number of nitrogens with zero attached hydrogens (tertiary/aromatic N) is 1. The molecule has 1 aliphatic rings. The number of Topliss-reactive ketones (excluding diaryl/α,β-unsaturated/α-hetero) is 1. The molecular formula is C26H35ClN2O2. The van der Waals surface area contributed by atoms with Crippen molar-refractivity contribution < 1.29 is 4.79 Å². The summed E-state index contributed by atoms with van der Waals surface area (Å²) in [6.45, 7) is 11.1. The van der Waals surface area contributed by atoms with Crippen LogP contribution in [0.2, 0.25) is 5.02 Å². The van der Waals surface area contributed by atoms with Crippen molar-refractivity contribution in [3.05, 3.63) is 61.5 Å². The highest BCUT2D eigenvalue weighted by Gasteiger charge is 2.27. The fourth-order valence-electron chi connectivity index (χ4n) is 4.73. The van der Waals surface area contributed by atoms with Gasteiger partial charge < -0.3 is 9.88 Å². The van der Waals surface area contributed by atoms with E-state index in [1.54, 1.807) is 0 Å². The number of halogens is 1. The largest absolute Gasteiger partial charge is 0.369 e. The summed E-state index contributed by atoms with van der Waals surface area (Å²) in [5.41, 5.74) is 5.43. The molecule has 0 aliphatic heterocycles. The van der Waals surface area contributed by atoms with Gasteiger partial charge in [-0.25, -0.2) is 0 Å². The molecule has 1 saturated carbocycles. The Hall–Kier alpha value is -2.07. The van der Waals surface area contributed by atoms with Crippen LogP contribution >= 0.6 is 11.6 Å². The molecule has 0 saturated heterocycles. The Morgan fingerprint density at radius 3 is 2.45 bits per heavy atom. The van der Waals surface area contributed by atoms with Gasteiger partial charge in [0.15, 0.2) is 5.78 Å². The van der Waals surface area contributed by atoms with E-state index in [-0.39, 0.29) is 17.3 Å². The summed E-state index contributed by atoms with van der Waals surface area (Å²) >= 11 is 6.47. The predicted molar refractivity (Wildman–Crippen MR) is 130 cm³/mol. The van der Waals surface area contributed by atoms with Crippen LogP contribution in [-0.4, -0.2) is 23.4 Å². The number of nitrogens with one attached hydrogen (secondary N) is 1. The molecule has 1 N–H and O–H groups in total. The van der Waals surface area contributed by atoms with Crippen LogP contribution in [0.1, 0.15) is 78.7 Å². The van der Waals surface area contributed by atoms with E-state index >= 15 is 0 Å². The molecule has 2 aromatic rings. The van der Waals surface area contributed by atoms with Crippen LogP contribution in [0.25, 0.3) is 0 Å². The summed E-state index contributed by atoms with van der Waals surface area (Å²) in [7, 11) is 0. The zero-order valence-corrected chi connectivity index (χ0v) is 20.2. The predicted octanol–water partition coefficient (Wildman–Crippen LogP) is 6.17. The first-order valence-corrected chi connectivity index (χ1v) is 11.9. The van der Waals surface area contributed by atoms with Crippen LogP contribution in [0.4, 0.5) is 5.69 Å². The van der Waals surface area contributed by atoms with Crippen molar-refractivity contribution in [3.8, 4) is 0 Å². The summed E-state index contributed by atoms with van der Waals surface area (Å²) < 4.78 is 0. The molecule has 4 nitrogen and oxygen atoms in total. The number of pyridine rings is 1. The fraction of sp³-hybridized carbons (Fsp3) is 0.538. The van der Waals surface area contributed by atoms with Gasteiger partial charge in [0, 0.05) is 46.5 Å². The van der Waals surface area contributed by atoms with Crippen molar-refractivity contribution >= 4 is 23.1 Å². The lowest BCUT2D eigenvalue weighted by atomic mass is 9.87. The number of carbonyl (C=O) groups is 1. The number of anilines is 1. The van der Waals surface area contributed by atoms with E-state index in [1.165, 1.54) is 19.3 Å². The minimum atomic E-state index is -0.0382. The molecule has 1 aromatic heterocycles. The lowest BCUT2D eigenvalue weighted by Crippen LogP contribution is -2.40. The maximum absolute atomic E-state index is 13.4. The summed E-state index contributed by atoms with van der Waals surface area (Å²) in [6, 6.07) is 6.36. The third-order valence-corrected chi connectivity index (χ3v) is 7.07. The monoisotopic (exact) mass is 442 g/mol. The third kappa shape index (κ3) is 5.23. The number of aryl methyl sites for hydroxylation is 2. The molecule has 1 heterocycles. The maximum atomic E-state index is 13.4. The normalized spacial score (nSPS) is 14.9. The quantitative estimate of drug-likeness (QED) is 0.472. The van der Waals surface area contributed by atoms with Gasteiger partial charge in [-0.2, -0.15) is 0 Å². The Morgan fingerprint density at radius 2 is 1.90 bits per heavy atom. The smallest absolute Gasteiger partial charge is 0.251 e. The van der Waals surface area contributed by atoms with E-state index in [4.69, 9.17) is 11.6 Å². The van der Waals surface area contributed by atoms with E-state index in [1.807, 2.05) is 39.0 Å². The first-order valence-electron chi connectivity index (χ1n) is 11.5. The summed E-state index contributed by atoms with van der Waals surface area (Å²) in [4.78, 5) is 31.1. The first kappa shape index (κ1) is 23.6. The number of H-pyrrole nitrogens is 1. The van der Waals surface area contributed by atoms with Gasteiger partial charge in [0.05, 0.1) is 0 Å². The first-order chi connectivity index (χ1) is 14.7. The van der Waals surface area contributed by atoms with Crippen molar-refractivity contribution in [3.63, 3.8) is 0 Å². The molecule has 1 atom stereocenters. The van der Waals surface area contributed by atoms with Gasteiger partial charge in [-0.05, 0) is 88.6 Å². The highest BCUT2D eigenvalue weighted by atomic mass is 35.5. The second-order valence-corrected chi connectivity index (χ2v) is 9.45. The molecule has 168 valence electrons. The number of benzene rings is 1.